The van der Waals surface area contributed by atoms with E-state index in [-0.39, 0.29) is 12.3 Å². The summed E-state index contributed by atoms with van der Waals surface area (Å²) in [6.45, 7) is 0.278. The molecule has 0 amide bonds. The largest absolute Gasteiger partial charge is 0.497 e. The second kappa shape index (κ2) is 5.40. The summed E-state index contributed by atoms with van der Waals surface area (Å²) < 4.78 is 10.2. The Balaban J connectivity index is 2.02. The van der Waals surface area contributed by atoms with Crippen LogP contribution in [0.2, 0.25) is 0 Å². The number of ketones is 1. The molecule has 0 fully saturated rings. The summed E-state index contributed by atoms with van der Waals surface area (Å²) in [5.41, 5.74) is 0.954. The van der Waals surface area contributed by atoms with Crippen LogP contribution in [0, 0.1) is 0 Å². The van der Waals surface area contributed by atoms with Gasteiger partial charge < -0.3 is 14.1 Å². The lowest BCUT2D eigenvalue weighted by molar-refractivity contribution is 0.0974. The number of hydrogen-bond donors (Lipinski definition) is 0. The molecule has 0 bridgehead atoms. The molecule has 0 N–H and O–H groups in total. The Hall–Kier alpha value is -2.23. The van der Waals surface area contributed by atoms with Gasteiger partial charge in [-0.25, -0.2) is 0 Å². The van der Waals surface area contributed by atoms with Crippen molar-refractivity contribution in [3.63, 3.8) is 0 Å². The molecule has 0 saturated heterocycles. The Morgan fingerprint density at radius 1 is 1.28 bits per heavy atom. The fourth-order valence-electron chi connectivity index (χ4n) is 1.66. The molecular formula is C14H15NO3. The summed E-state index contributed by atoms with van der Waals surface area (Å²) in [6.07, 6.45) is 1.50. The summed E-state index contributed by atoms with van der Waals surface area (Å²) >= 11 is 0. The van der Waals surface area contributed by atoms with E-state index in [1.807, 2.05) is 36.2 Å². The van der Waals surface area contributed by atoms with E-state index in [0.717, 1.165) is 11.4 Å². The van der Waals surface area contributed by atoms with Crippen LogP contribution in [-0.4, -0.2) is 26.5 Å². The van der Waals surface area contributed by atoms with Gasteiger partial charge in [-0.3, -0.25) is 4.79 Å². The SMILES string of the molecule is COc1ccc(N(C)CC(=O)c2ccco2)cc1. The molecule has 2 aromatic rings. The maximum absolute atomic E-state index is 11.9. The maximum Gasteiger partial charge on any atom is 0.217 e. The van der Waals surface area contributed by atoms with Crippen molar-refractivity contribution in [2.24, 2.45) is 0 Å². The van der Waals surface area contributed by atoms with Gasteiger partial charge in [-0.05, 0) is 36.4 Å². The molecule has 0 aliphatic carbocycles. The molecular weight excluding hydrogens is 230 g/mol. The Kier molecular flexibility index (Phi) is 3.67. The molecule has 4 nitrogen and oxygen atoms in total. The lowest BCUT2D eigenvalue weighted by Gasteiger charge is -2.17. The first-order valence-electron chi connectivity index (χ1n) is 5.62. The molecule has 18 heavy (non-hydrogen) atoms. The van der Waals surface area contributed by atoms with Crippen LogP contribution < -0.4 is 9.64 Å². The van der Waals surface area contributed by atoms with Gasteiger partial charge in [0.1, 0.15) is 5.75 Å². The molecule has 1 aromatic heterocycles. The normalized spacial score (nSPS) is 10.1. The van der Waals surface area contributed by atoms with E-state index in [4.69, 9.17) is 9.15 Å². The van der Waals surface area contributed by atoms with Crippen LogP contribution in [0.4, 0.5) is 5.69 Å². The van der Waals surface area contributed by atoms with Gasteiger partial charge in [0.25, 0.3) is 0 Å². The molecule has 0 unspecified atom stereocenters. The standard InChI is InChI=1S/C14H15NO3/c1-15(10-13(16)14-4-3-9-18-14)11-5-7-12(17-2)8-6-11/h3-9H,10H2,1-2H3. The summed E-state index contributed by atoms with van der Waals surface area (Å²) in [5.74, 6) is 1.14. The van der Waals surface area contributed by atoms with Crippen LogP contribution in [0.1, 0.15) is 10.6 Å². The highest BCUT2D eigenvalue weighted by Crippen LogP contribution is 2.18. The van der Waals surface area contributed by atoms with E-state index >= 15 is 0 Å². The van der Waals surface area contributed by atoms with Crippen molar-refractivity contribution in [2.45, 2.75) is 0 Å². The highest BCUT2D eigenvalue weighted by atomic mass is 16.5. The van der Waals surface area contributed by atoms with Gasteiger partial charge in [-0.2, -0.15) is 0 Å². The van der Waals surface area contributed by atoms with Gasteiger partial charge in [-0.15, -0.1) is 0 Å². The van der Waals surface area contributed by atoms with E-state index in [1.165, 1.54) is 6.26 Å². The lowest BCUT2D eigenvalue weighted by atomic mass is 10.2. The Bertz CT molecular complexity index is 502. The predicted molar refractivity (Wildman–Crippen MR) is 69.3 cm³/mol. The summed E-state index contributed by atoms with van der Waals surface area (Å²) in [6, 6.07) is 10.9. The molecule has 0 saturated carbocycles. The van der Waals surface area contributed by atoms with Crippen molar-refractivity contribution in [2.75, 3.05) is 25.6 Å². The van der Waals surface area contributed by atoms with Crippen LogP contribution in [0.3, 0.4) is 0 Å². The van der Waals surface area contributed by atoms with Crippen LogP contribution in [0.15, 0.2) is 47.1 Å². The van der Waals surface area contributed by atoms with Gasteiger partial charge in [0.05, 0.1) is 19.9 Å². The van der Waals surface area contributed by atoms with Crippen molar-refractivity contribution < 1.29 is 13.9 Å². The van der Waals surface area contributed by atoms with Crippen molar-refractivity contribution in [3.8, 4) is 5.75 Å². The summed E-state index contributed by atoms with van der Waals surface area (Å²) in [7, 11) is 3.49. The number of anilines is 1. The van der Waals surface area contributed by atoms with Crippen molar-refractivity contribution in [1.29, 1.82) is 0 Å². The molecule has 1 heterocycles. The van der Waals surface area contributed by atoms with E-state index in [9.17, 15) is 4.79 Å². The highest BCUT2D eigenvalue weighted by molar-refractivity contribution is 5.96. The average Bonchev–Trinajstić information content (AvgIpc) is 2.92. The number of carbonyl (C=O) groups excluding carboxylic acids is 1. The number of Topliss-reactive ketones (excluding diaryl/α,β-unsaturated/α-hetero) is 1. The minimum atomic E-state index is -0.0432. The summed E-state index contributed by atoms with van der Waals surface area (Å²) in [5, 5.41) is 0. The fourth-order valence-corrected chi connectivity index (χ4v) is 1.66. The fraction of sp³-hybridized carbons (Fsp3) is 0.214. The minimum Gasteiger partial charge on any atom is -0.497 e. The van der Waals surface area contributed by atoms with Crippen molar-refractivity contribution >= 4 is 11.5 Å². The first kappa shape index (κ1) is 12.2. The first-order chi connectivity index (χ1) is 8.70. The molecule has 4 heteroatoms. The Morgan fingerprint density at radius 3 is 2.56 bits per heavy atom. The summed E-state index contributed by atoms with van der Waals surface area (Å²) in [4.78, 5) is 13.7. The van der Waals surface area contributed by atoms with E-state index in [2.05, 4.69) is 0 Å². The van der Waals surface area contributed by atoms with E-state index in [1.54, 1.807) is 19.2 Å². The zero-order valence-electron chi connectivity index (χ0n) is 10.4. The van der Waals surface area contributed by atoms with E-state index in [0.29, 0.717) is 5.76 Å². The molecule has 2 rings (SSSR count). The van der Waals surface area contributed by atoms with Crippen molar-refractivity contribution in [3.05, 3.63) is 48.4 Å². The third-order valence-electron chi connectivity index (χ3n) is 2.69. The van der Waals surface area contributed by atoms with Crippen molar-refractivity contribution in [1.82, 2.24) is 0 Å². The number of nitrogens with zero attached hydrogens (tertiary/aromatic N) is 1. The van der Waals surface area contributed by atoms with Crippen LogP contribution >= 0.6 is 0 Å². The third-order valence-corrected chi connectivity index (χ3v) is 2.69. The predicted octanol–water partition coefficient (Wildman–Crippen LogP) is 2.61. The zero-order valence-corrected chi connectivity index (χ0v) is 10.4. The van der Waals surface area contributed by atoms with Crippen LogP contribution in [-0.2, 0) is 0 Å². The molecule has 0 radical (unpaired) electrons. The molecule has 0 atom stereocenters. The van der Waals surface area contributed by atoms with Crippen LogP contribution in [0.25, 0.3) is 0 Å². The number of hydrogen-bond acceptors (Lipinski definition) is 4. The zero-order chi connectivity index (χ0) is 13.0. The number of methoxy groups -OCH3 is 1. The first-order valence-corrected chi connectivity index (χ1v) is 5.62. The molecule has 1 aromatic carbocycles. The van der Waals surface area contributed by atoms with Gasteiger partial charge in [0, 0.05) is 12.7 Å². The van der Waals surface area contributed by atoms with Gasteiger partial charge in [0.2, 0.25) is 5.78 Å². The topological polar surface area (TPSA) is 42.7 Å². The van der Waals surface area contributed by atoms with E-state index < -0.39 is 0 Å². The number of likely N-dealkylation sites (N-methyl/N-ethyl adjacent to an activating group) is 1. The number of rotatable bonds is 5. The second-order valence-electron chi connectivity index (χ2n) is 3.95. The van der Waals surface area contributed by atoms with Gasteiger partial charge in [-0.1, -0.05) is 0 Å². The maximum atomic E-state index is 11.9. The highest BCUT2D eigenvalue weighted by Gasteiger charge is 2.12. The number of benzene rings is 1. The van der Waals surface area contributed by atoms with Crippen LogP contribution in [0.5, 0.6) is 5.75 Å². The van der Waals surface area contributed by atoms with Gasteiger partial charge >= 0.3 is 0 Å². The smallest absolute Gasteiger partial charge is 0.217 e. The monoisotopic (exact) mass is 245 g/mol. The number of furan rings is 1. The average molecular weight is 245 g/mol. The molecule has 94 valence electrons. The van der Waals surface area contributed by atoms with Gasteiger partial charge in [0.15, 0.2) is 5.76 Å². The number of carbonyl (C=O) groups is 1. The third kappa shape index (κ3) is 2.71. The second-order valence-corrected chi connectivity index (χ2v) is 3.95. The molecule has 0 aliphatic heterocycles. The minimum absolute atomic E-state index is 0.0432. The lowest BCUT2D eigenvalue weighted by Crippen LogP contribution is -2.25. The quantitative estimate of drug-likeness (QED) is 0.759. The molecule has 0 aliphatic rings. The Labute approximate surface area is 106 Å². The molecule has 0 spiro atoms. The number of ether oxygens (including phenoxy) is 1. The Morgan fingerprint density at radius 2 is 2.00 bits per heavy atom.